The van der Waals surface area contributed by atoms with Gasteiger partial charge in [0.2, 0.25) is 0 Å². The predicted octanol–water partition coefficient (Wildman–Crippen LogP) is 4.69. The molecule has 2 rings (SSSR count). The van der Waals surface area contributed by atoms with Crippen molar-refractivity contribution in [1.82, 2.24) is 0 Å². The molecule has 4 heteroatoms. The highest BCUT2D eigenvalue weighted by Crippen LogP contribution is 2.23. The summed E-state index contributed by atoms with van der Waals surface area (Å²) in [5, 5.41) is 9.25. The molecule has 2 aromatic carbocycles. The molecule has 0 saturated heterocycles. The Balaban J connectivity index is 1.82. The minimum Gasteiger partial charge on any atom is -0.494 e. The van der Waals surface area contributed by atoms with Crippen LogP contribution in [0.5, 0.6) is 11.5 Å². The Bertz CT molecular complexity index is 666. The second-order valence-electron chi connectivity index (χ2n) is 5.14. The summed E-state index contributed by atoms with van der Waals surface area (Å²) in [4.78, 5) is 0. The molecule has 0 amide bonds. The van der Waals surface area contributed by atoms with E-state index in [9.17, 15) is 9.65 Å². The molecule has 0 heterocycles. The van der Waals surface area contributed by atoms with E-state index in [1.807, 2.05) is 31.2 Å². The van der Waals surface area contributed by atoms with Gasteiger partial charge in [0.05, 0.1) is 25.2 Å². The van der Waals surface area contributed by atoms with Gasteiger partial charge in [0, 0.05) is 6.07 Å². The van der Waals surface area contributed by atoms with Gasteiger partial charge in [-0.3, -0.25) is 0 Å². The monoisotopic (exact) mass is 313 g/mol. The smallest absolute Gasteiger partial charge is 0.123 e. The fraction of sp³-hybridized carbons (Fsp3) is 0.316. The van der Waals surface area contributed by atoms with Crippen molar-refractivity contribution >= 4 is 0 Å². The first kappa shape index (κ1) is 16.8. The summed E-state index contributed by atoms with van der Waals surface area (Å²) >= 11 is 0. The van der Waals surface area contributed by atoms with Crippen molar-refractivity contribution in [1.29, 1.82) is 5.26 Å². The Labute approximate surface area is 136 Å². The molecule has 0 bridgehead atoms. The lowest BCUT2D eigenvalue weighted by molar-refractivity contribution is 0.299. The van der Waals surface area contributed by atoms with Crippen LogP contribution in [0.1, 0.15) is 31.2 Å². The number of halogens is 1. The standard InChI is InChI=1S/C19H20FNO2/c1-2-22-18-9-4-10-19(13-18)23-11-5-7-16(14-21)15-6-3-8-17(20)12-15/h3-4,6,8-10,12-13,16H,2,5,7,11H2,1H3. The molecule has 0 N–H and O–H groups in total. The van der Waals surface area contributed by atoms with E-state index in [0.29, 0.717) is 31.6 Å². The van der Waals surface area contributed by atoms with E-state index in [4.69, 9.17) is 9.47 Å². The van der Waals surface area contributed by atoms with Gasteiger partial charge in [-0.05, 0) is 49.6 Å². The van der Waals surface area contributed by atoms with Gasteiger partial charge in [0.25, 0.3) is 0 Å². The Morgan fingerprint density at radius 3 is 2.52 bits per heavy atom. The molecule has 1 atom stereocenters. The van der Waals surface area contributed by atoms with Crippen LogP contribution in [0.25, 0.3) is 0 Å². The van der Waals surface area contributed by atoms with Crippen LogP contribution in [-0.4, -0.2) is 13.2 Å². The molecule has 3 nitrogen and oxygen atoms in total. The molecule has 0 fully saturated rings. The largest absolute Gasteiger partial charge is 0.494 e. The molecule has 23 heavy (non-hydrogen) atoms. The summed E-state index contributed by atoms with van der Waals surface area (Å²) in [6.07, 6.45) is 1.35. The zero-order chi connectivity index (χ0) is 16.5. The third-order valence-corrected chi connectivity index (χ3v) is 3.43. The van der Waals surface area contributed by atoms with Crippen LogP contribution in [0.4, 0.5) is 4.39 Å². The van der Waals surface area contributed by atoms with Gasteiger partial charge in [0.1, 0.15) is 17.3 Å². The van der Waals surface area contributed by atoms with E-state index in [-0.39, 0.29) is 11.7 Å². The molecular weight excluding hydrogens is 293 g/mol. The van der Waals surface area contributed by atoms with Crippen LogP contribution in [-0.2, 0) is 0 Å². The first-order valence-electron chi connectivity index (χ1n) is 7.73. The lowest BCUT2D eigenvalue weighted by Crippen LogP contribution is -2.02. The van der Waals surface area contributed by atoms with Gasteiger partial charge >= 0.3 is 0 Å². The Morgan fingerprint density at radius 2 is 1.83 bits per heavy atom. The van der Waals surface area contributed by atoms with Gasteiger partial charge in [-0.25, -0.2) is 4.39 Å². The third-order valence-electron chi connectivity index (χ3n) is 3.43. The predicted molar refractivity (Wildman–Crippen MR) is 87.1 cm³/mol. The molecule has 0 aliphatic carbocycles. The van der Waals surface area contributed by atoms with Gasteiger partial charge in [-0.15, -0.1) is 0 Å². The molecule has 2 aromatic rings. The number of ether oxygens (including phenoxy) is 2. The van der Waals surface area contributed by atoms with Crippen molar-refractivity contribution in [3.63, 3.8) is 0 Å². The highest BCUT2D eigenvalue weighted by atomic mass is 19.1. The van der Waals surface area contributed by atoms with Crippen LogP contribution >= 0.6 is 0 Å². The molecular formula is C19H20FNO2. The van der Waals surface area contributed by atoms with E-state index < -0.39 is 0 Å². The highest BCUT2D eigenvalue weighted by Gasteiger charge is 2.11. The van der Waals surface area contributed by atoms with Crippen LogP contribution in [0, 0.1) is 17.1 Å². The number of hydrogen-bond donors (Lipinski definition) is 0. The summed E-state index contributed by atoms with van der Waals surface area (Å²) in [5.41, 5.74) is 0.714. The van der Waals surface area contributed by atoms with Gasteiger partial charge in [0.15, 0.2) is 0 Å². The lowest BCUT2D eigenvalue weighted by atomic mass is 9.96. The second-order valence-corrected chi connectivity index (χ2v) is 5.14. The van der Waals surface area contributed by atoms with Crippen LogP contribution in [0.3, 0.4) is 0 Å². The van der Waals surface area contributed by atoms with Crippen molar-refractivity contribution in [2.75, 3.05) is 13.2 Å². The van der Waals surface area contributed by atoms with E-state index >= 15 is 0 Å². The number of hydrogen-bond acceptors (Lipinski definition) is 3. The maximum Gasteiger partial charge on any atom is 0.123 e. The van der Waals surface area contributed by atoms with Gasteiger partial charge < -0.3 is 9.47 Å². The van der Waals surface area contributed by atoms with E-state index in [0.717, 1.165) is 11.5 Å². The Hall–Kier alpha value is -2.54. The van der Waals surface area contributed by atoms with Crippen LogP contribution in [0.2, 0.25) is 0 Å². The molecule has 0 aliphatic heterocycles. The first-order chi connectivity index (χ1) is 11.2. The van der Waals surface area contributed by atoms with Crippen molar-refractivity contribution in [3.8, 4) is 17.6 Å². The van der Waals surface area contributed by atoms with E-state index in [2.05, 4.69) is 6.07 Å². The maximum atomic E-state index is 13.2. The van der Waals surface area contributed by atoms with Gasteiger partial charge in [-0.2, -0.15) is 5.26 Å². The molecule has 1 unspecified atom stereocenters. The summed E-state index contributed by atoms with van der Waals surface area (Å²) in [5.74, 6) is 0.894. The molecule has 0 radical (unpaired) electrons. The molecule has 0 aromatic heterocycles. The van der Waals surface area contributed by atoms with E-state index in [1.165, 1.54) is 12.1 Å². The number of benzene rings is 2. The average molecular weight is 313 g/mol. The van der Waals surface area contributed by atoms with Gasteiger partial charge in [-0.1, -0.05) is 18.2 Å². The first-order valence-corrected chi connectivity index (χ1v) is 7.73. The van der Waals surface area contributed by atoms with Crippen molar-refractivity contribution in [2.45, 2.75) is 25.7 Å². The minimum atomic E-state index is -0.316. The fourth-order valence-corrected chi connectivity index (χ4v) is 2.33. The number of rotatable bonds is 8. The minimum absolute atomic E-state index is 0.313. The van der Waals surface area contributed by atoms with Crippen molar-refractivity contribution in [3.05, 3.63) is 59.9 Å². The highest BCUT2D eigenvalue weighted by molar-refractivity contribution is 5.33. The number of nitrogens with zero attached hydrogens (tertiary/aromatic N) is 1. The SMILES string of the molecule is CCOc1cccc(OCCCC(C#N)c2cccc(F)c2)c1. The molecule has 0 aliphatic rings. The lowest BCUT2D eigenvalue weighted by Gasteiger charge is -2.11. The summed E-state index contributed by atoms with van der Waals surface area (Å²) in [6, 6.07) is 15.9. The molecule has 0 saturated carbocycles. The zero-order valence-electron chi connectivity index (χ0n) is 13.2. The van der Waals surface area contributed by atoms with Crippen LogP contribution in [0.15, 0.2) is 48.5 Å². The van der Waals surface area contributed by atoms with E-state index in [1.54, 1.807) is 12.1 Å². The Morgan fingerprint density at radius 1 is 1.09 bits per heavy atom. The normalized spacial score (nSPS) is 11.5. The second kappa shape index (κ2) is 8.79. The molecule has 120 valence electrons. The number of nitriles is 1. The molecule has 0 spiro atoms. The third kappa shape index (κ3) is 5.30. The fourth-order valence-electron chi connectivity index (χ4n) is 2.33. The summed E-state index contributed by atoms with van der Waals surface area (Å²) < 4.78 is 24.3. The average Bonchev–Trinajstić information content (AvgIpc) is 2.56. The van der Waals surface area contributed by atoms with Crippen molar-refractivity contribution in [2.24, 2.45) is 0 Å². The Kier molecular flexibility index (Phi) is 6.43. The summed E-state index contributed by atoms with van der Waals surface area (Å²) in [6.45, 7) is 3.05. The maximum absolute atomic E-state index is 13.2. The van der Waals surface area contributed by atoms with Crippen molar-refractivity contribution < 1.29 is 13.9 Å². The van der Waals surface area contributed by atoms with Crippen LogP contribution < -0.4 is 9.47 Å². The summed E-state index contributed by atoms with van der Waals surface area (Å²) in [7, 11) is 0. The topological polar surface area (TPSA) is 42.2 Å². The zero-order valence-corrected chi connectivity index (χ0v) is 13.2. The quantitative estimate of drug-likeness (QED) is 0.664.